The van der Waals surface area contributed by atoms with Crippen molar-refractivity contribution in [2.45, 2.75) is 19.1 Å². The molecule has 0 N–H and O–H groups in total. The molecule has 0 spiro atoms. The lowest BCUT2D eigenvalue weighted by atomic mass is 10.1. The van der Waals surface area contributed by atoms with E-state index in [0.29, 0.717) is 12.5 Å². The molecule has 0 aliphatic carbocycles. The Morgan fingerprint density at radius 3 is 2.60 bits per heavy atom. The summed E-state index contributed by atoms with van der Waals surface area (Å²) in [5, 5.41) is 0.250. The minimum atomic E-state index is -0.765. The maximum atomic E-state index is 10.9. The number of rotatable bonds is 6. The predicted octanol–water partition coefficient (Wildman–Crippen LogP) is 3.05. The molecule has 0 fully saturated rings. The summed E-state index contributed by atoms with van der Waals surface area (Å²) in [6.07, 6.45) is 1.22. The zero-order valence-electron chi connectivity index (χ0n) is 9.06. The van der Waals surface area contributed by atoms with Crippen molar-refractivity contribution in [3.8, 4) is 0 Å². The van der Waals surface area contributed by atoms with Crippen LogP contribution in [0.2, 0.25) is 0 Å². The third-order valence-electron chi connectivity index (χ3n) is 1.58. The Kier molecular flexibility index (Phi) is 8.43. The third-order valence-corrected chi connectivity index (χ3v) is 4.01. The molecule has 0 aromatic heterocycles. The molecule has 0 aromatic rings. The van der Waals surface area contributed by atoms with E-state index >= 15 is 0 Å². The van der Waals surface area contributed by atoms with Crippen LogP contribution in [0.4, 0.5) is 4.79 Å². The summed E-state index contributed by atoms with van der Waals surface area (Å²) in [5.41, 5.74) is 0. The van der Waals surface area contributed by atoms with E-state index in [1.165, 1.54) is 0 Å². The molecule has 0 aliphatic heterocycles. The fraction of sp³-hybridized carbons (Fsp3) is 0.778. The second kappa shape index (κ2) is 8.74. The van der Waals surface area contributed by atoms with E-state index in [1.807, 2.05) is 6.26 Å². The van der Waals surface area contributed by atoms with E-state index in [2.05, 4.69) is 23.4 Å². The molecule has 15 heavy (non-hydrogen) atoms. The molecule has 1 unspecified atom stereocenters. The van der Waals surface area contributed by atoms with E-state index in [4.69, 9.17) is 11.3 Å². The van der Waals surface area contributed by atoms with Gasteiger partial charge in [-0.25, -0.2) is 11.4 Å². The van der Waals surface area contributed by atoms with Crippen molar-refractivity contribution in [2.24, 2.45) is 5.92 Å². The van der Waals surface area contributed by atoms with Gasteiger partial charge < -0.3 is 9.47 Å². The van der Waals surface area contributed by atoms with Crippen LogP contribution < -0.4 is 0 Å². The number of hydrogen-bond acceptors (Lipinski definition) is 5. The van der Waals surface area contributed by atoms with Crippen LogP contribution in [-0.2, 0) is 9.47 Å². The average Bonchev–Trinajstić information content (AvgIpc) is 2.20. The first-order valence-electron chi connectivity index (χ1n) is 4.44. The van der Waals surface area contributed by atoms with Crippen LogP contribution in [-0.4, -0.2) is 31.0 Å². The molecule has 4 nitrogen and oxygen atoms in total. The minimum Gasteiger partial charge on any atom is -0.433 e. The first-order valence-corrected chi connectivity index (χ1v) is 7.06. The number of carbonyl (C=O) groups excluding carboxylic acids is 1. The van der Waals surface area contributed by atoms with Gasteiger partial charge in [0.25, 0.3) is 0 Å². The zero-order chi connectivity index (χ0) is 11.7. The van der Waals surface area contributed by atoms with Crippen molar-refractivity contribution in [3.63, 3.8) is 0 Å². The summed E-state index contributed by atoms with van der Waals surface area (Å²) in [6, 6.07) is 0. The van der Waals surface area contributed by atoms with E-state index in [0.717, 1.165) is 0 Å². The van der Waals surface area contributed by atoms with Gasteiger partial charge in [0.15, 0.2) is 0 Å². The fourth-order valence-electron chi connectivity index (χ4n) is 0.732. The highest BCUT2D eigenvalue weighted by Gasteiger charge is 2.17. The number of nitrogens with zero attached hydrogens (tertiary/aromatic N) is 1. The molecule has 0 radical (unpaired) electrons. The highest BCUT2D eigenvalue weighted by Crippen LogP contribution is 2.29. The first-order chi connectivity index (χ1) is 7.11. The molecular weight excluding hydrogens is 234 g/mol. The van der Waals surface area contributed by atoms with Crippen LogP contribution >= 0.6 is 21.6 Å². The predicted molar refractivity (Wildman–Crippen MR) is 63.6 cm³/mol. The topological polar surface area (TPSA) is 39.9 Å². The average molecular weight is 249 g/mol. The Hall–Kier alpha value is -0.540. The summed E-state index contributed by atoms with van der Waals surface area (Å²) < 4.78 is 9.35. The second-order valence-corrected chi connectivity index (χ2v) is 5.75. The molecule has 0 aliphatic rings. The molecule has 0 heterocycles. The van der Waals surface area contributed by atoms with E-state index in [9.17, 15) is 4.79 Å². The highest BCUT2D eigenvalue weighted by molar-refractivity contribution is 8.76. The van der Waals surface area contributed by atoms with Gasteiger partial charge in [-0.15, -0.1) is 0 Å². The van der Waals surface area contributed by atoms with Crippen molar-refractivity contribution >= 4 is 27.7 Å². The van der Waals surface area contributed by atoms with Crippen LogP contribution in [0.3, 0.4) is 0 Å². The first kappa shape index (κ1) is 14.5. The lowest BCUT2D eigenvalue weighted by molar-refractivity contribution is 0.0612. The molecule has 6 heteroatoms. The fourth-order valence-corrected chi connectivity index (χ4v) is 2.90. The Bertz CT molecular complexity index is 228. The highest BCUT2D eigenvalue weighted by atomic mass is 33.1. The van der Waals surface area contributed by atoms with Gasteiger partial charge in [-0.05, 0) is 12.2 Å². The van der Waals surface area contributed by atoms with Crippen LogP contribution in [0.25, 0.3) is 4.85 Å². The van der Waals surface area contributed by atoms with Gasteiger partial charge in [-0.2, -0.15) is 0 Å². The summed E-state index contributed by atoms with van der Waals surface area (Å²) in [6.45, 7) is 10.6. The molecule has 0 amide bonds. The van der Waals surface area contributed by atoms with Gasteiger partial charge in [-0.1, -0.05) is 35.4 Å². The molecular formula is C9H15NO3S2. The van der Waals surface area contributed by atoms with Crippen molar-refractivity contribution in [3.05, 3.63) is 11.4 Å². The lowest BCUT2D eigenvalue weighted by Crippen LogP contribution is -2.20. The molecule has 86 valence electrons. The summed E-state index contributed by atoms with van der Waals surface area (Å²) >= 11 is 0. The monoisotopic (exact) mass is 249 g/mol. The van der Waals surface area contributed by atoms with Gasteiger partial charge >= 0.3 is 12.9 Å². The zero-order valence-corrected chi connectivity index (χ0v) is 10.7. The molecule has 1 atom stereocenters. The summed E-state index contributed by atoms with van der Waals surface area (Å²) in [7, 11) is 3.32. The van der Waals surface area contributed by atoms with Gasteiger partial charge in [0.2, 0.25) is 0 Å². The Morgan fingerprint density at radius 2 is 2.13 bits per heavy atom. The maximum absolute atomic E-state index is 10.9. The smallest absolute Gasteiger partial charge is 0.433 e. The number of ether oxygens (including phenoxy) is 2. The van der Waals surface area contributed by atoms with Crippen molar-refractivity contribution in [2.75, 3.05) is 19.6 Å². The van der Waals surface area contributed by atoms with E-state index < -0.39 is 6.16 Å². The molecule has 0 bridgehead atoms. The van der Waals surface area contributed by atoms with Gasteiger partial charge in [0.1, 0.15) is 6.61 Å². The molecule has 0 saturated heterocycles. The maximum Gasteiger partial charge on any atom is 0.513 e. The van der Waals surface area contributed by atoms with Gasteiger partial charge in [0, 0.05) is 0 Å². The van der Waals surface area contributed by atoms with Crippen LogP contribution in [0, 0.1) is 12.5 Å². The lowest BCUT2D eigenvalue weighted by Gasteiger charge is -2.17. The molecule has 0 saturated carbocycles. The van der Waals surface area contributed by atoms with Gasteiger partial charge in [0.05, 0.1) is 5.25 Å². The normalized spacial score (nSPS) is 11.9. The quantitative estimate of drug-likeness (QED) is 0.411. The van der Waals surface area contributed by atoms with E-state index in [-0.39, 0.29) is 12.0 Å². The minimum absolute atomic E-state index is 0.250. The number of carbonyl (C=O) groups is 1. The van der Waals surface area contributed by atoms with Crippen LogP contribution in [0.15, 0.2) is 0 Å². The van der Waals surface area contributed by atoms with Crippen LogP contribution in [0.5, 0.6) is 0 Å². The van der Waals surface area contributed by atoms with Crippen molar-refractivity contribution in [1.29, 1.82) is 0 Å². The van der Waals surface area contributed by atoms with Crippen molar-refractivity contribution < 1.29 is 14.3 Å². The standard InChI is InChI=1S/C9H15NO3S2/c1-7(2)8(15-14-4)5-12-9(11)13-6-10-3/h7-8H,5-6H2,1-2,4H3. The van der Waals surface area contributed by atoms with Crippen LogP contribution in [0.1, 0.15) is 13.8 Å². The van der Waals surface area contributed by atoms with E-state index in [1.54, 1.807) is 21.6 Å². The van der Waals surface area contributed by atoms with Crippen molar-refractivity contribution in [1.82, 2.24) is 0 Å². The Labute approximate surface area is 98.3 Å². The molecule has 0 aromatic carbocycles. The second-order valence-electron chi connectivity index (χ2n) is 3.04. The SMILES string of the molecule is [C-]#[N+]COC(=O)OCC(SSC)C(C)C. The molecule has 0 rings (SSSR count). The summed E-state index contributed by atoms with van der Waals surface area (Å²) in [4.78, 5) is 13.8. The summed E-state index contributed by atoms with van der Waals surface area (Å²) in [5.74, 6) is 0.427. The largest absolute Gasteiger partial charge is 0.513 e. The Balaban J connectivity index is 3.79. The Morgan fingerprint density at radius 1 is 1.47 bits per heavy atom. The third kappa shape index (κ3) is 7.40. The van der Waals surface area contributed by atoms with Gasteiger partial charge in [-0.3, -0.25) is 4.85 Å². The number of hydrogen-bond donors (Lipinski definition) is 0.